The lowest BCUT2D eigenvalue weighted by Crippen LogP contribution is -2.49. The summed E-state index contributed by atoms with van der Waals surface area (Å²) < 4.78 is 1.45. The predicted molar refractivity (Wildman–Crippen MR) is 129 cm³/mol. The molecule has 1 amide bonds. The third kappa shape index (κ3) is 4.97. The average molecular weight is 431 g/mol. The molecule has 1 aliphatic heterocycles. The van der Waals surface area contributed by atoms with E-state index in [0.29, 0.717) is 36.1 Å². The molecule has 0 unspecified atom stereocenters. The van der Waals surface area contributed by atoms with Gasteiger partial charge in [0, 0.05) is 44.7 Å². The average Bonchev–Trinajstić information content (AvgIpc) is 2.81. The summed E-state index contributed by atoms with van der Waals surface area (Å²) in [6.07, 6.45) is 4.30. The van der Waals surface area contributed by atoms with Crippen LogP contribution in [-0.2, 0) is 6.54 Å². The Bertz CT molecular complexity index is 1160. The molecular formula is C26H30N4O2. The van der Waals surface area contributed by atoms with Gasteiger partial charge >= 0.3 is 0 Å². The van der Waals surface area contributed by atoms with Gasteiger partial charge in [-0.15, -0.1) is 0 Å². The number of piperazine rings is 1. The fourth-order valence-electron chi connectivity index (χ4n) is 4.05. The minimum atomic E-state index is -0.138. The van der Waals surface area contributed by atoms with Crippen LogP contribution < -0.4 is 5.56 Å². The zero-order valence-corrected chi connectivity index (χ0v) is 18.8. The van der Waals surface area contributed by atoms with Crippen molar-refractivity contribution in [3.8, 4) is 0 Å². The van der Waals surface area contributed by atoms with Gasteiger partial charge in [0.25, 0.3) is 11.5 Å². The van der Waals surface area contributed by atoms with Gasteiger partial charge < -0.3 is 4.90 Å². The van der Waals surface area contributed by atoms with E-state index >= 15 is 0 Å². The standard InChI is InChI=1S/C26H30N4O2/c1-20(2)19-30-25(31)23-13-7-6-12-22(23)24(27-30)26(32)29-17-15-28(16-18-29)14-8-11-21-9-4-3-5-10-21/h3-13,20H,14-19H2,1-2H3. The number of amides is 1. The van der Waals surface area contributed by atoms with E-state index in [1.165, 1.54) is 10.2 Å². The summed E-state index contributed by atoms with van der Waals surface area (Å²) in [5, 5.41) is 5.69. The molecule has 1 fully saturated rings. The topological polar surface area (TPSA) is 58.4 Å². The molecule has 1 saturated heterocycles. The van der Waals surface area contributed by atoms with Crippen LogP contribution in [-0.4, -0.2) is 58.2 Å². The van der Waals surface area contributed by atoms with Crippen LogP contribution in [0.1, 0.15) is 29.9 Å². The maximum Gasteiger partial charge on any atom is 0.275 e. The van der Waals surface area contributed by atoms with E-state index in [1.807, 2.05) is 55.1 Å². The van der Waals surface area contributed by atoms with E-state index in [4.69, 9.17) is 0 Å². The van der Waals surface area contributed by atoms with E-state index in [-0.39, 0.29) is 17.4 Å². The van der Waals surface area contributed by atoms with Crippen molar-refractivity contribution in [1.29, 1.82) is 0 Å². The maximum atomic E-state index is 13.4. The molecule has 3 aromatic rings. The molecule has 6 heteroatoms. The van der Waals surface area contributed by atoms with Crippen LogP contribution in [0.2, 0.25) is 0 Å². The first-order valence-electron chi connectivity index (χ1n) is 11.3. The van der Waals surface area contributed by atoms with Crippen LogP contribution in [0, 0.1) is 5.92 Å². The van der Waals surface area contributed by atoms with E-state index < -0.39 is 0 Å². The van der Waals surface area contributed by atoms with Gasteiger partial charge in [-0.1, -0.05) is 74.5 Å². The minimum absolute atomic E-state index is 0.0989. The van der Waals surface area contributed by atoms with Gasteiger partial charge in [0.2, 0.25) is 0 Å². The summed E-state index contributed by atoms with van der Waals surface area (Å²) in [6.45, 7) is 8.35. The van der Waals surface area contributed by atoms with Crippen LogP contribution in [0.5, 0.6) is 0 Å². The van der Waals surface area contributed by atoms with Crippen molar-refractivity contribution >= 4 is 22.8 Å². The highest BCUT2D eigenvalue weighted by molar-refractivity contribution is 6.04. The lowest BCUT2D eigenvalue weighted by atomic mass is 10.1. The fourth-order valence-corrected chi connectivity index (χ4v) is 4.05. The van der Waals surface area contributed by atoms with Gasteiger partial charge in [0.05, 0.1) is 5.39 Å². The molecule has 4 rings (SSSR count). The highest BCUT2D eigenvalue weighted by atomic mass is 16.2. The van der Waals surface area contributed by atoms with E-state index in [0.717, 1.165) is 19.6 Å². The highest BCUT2D eigenvalue weighted by Crippen LogP contribution is 2.17. The van der Waals surface area contributed by atoms with Gasteiger partial charge in [0.15, 0.2) is 5.69 Å². The SMILES string of the molecule is CC(C)Cn1nc(C(=O)N2CCN(CC=Cc3ccccc3)CC2)c2ccccc2c1=O. The van der Waals surface area contributed by atoms with E-state index in [2.05, 4.69) is 34.3 Å². The molecule has 6 nitrogen and oxygen atoms in total. The second-order valence-electron chi connectivity index (χ2n) is 8.68. The molecule has 0 radical (unpaired) electrons. The quantitative estimate of drug-likeness (QED) is 0.600. The second-order valence-corrected chi connectivity index (χ2v) is 8.68. The van der Waals surface area contributed by atoms with Crippen LogP contribution >= 0.6 is 0 Å². The maximum absolute atomic E-state index is 13.4. The van der Waals surface area contributed by atoms with Gasteiger partial charge in [-0.2, -0.15) is 5.10 Å². The number of hydrogen-bond donors (Lipinski definition) is 0. The third-order valence-electron chi connectivity index (χ3n) is 5.74. The first kappa shape index (κ1) is 22.0. The number of hydrogen-bond acceptors (Lipinski definition) is 4. The molecular weight excluding hydrogens is 400 g/mol. The summed E-state index contributed by atoms with van der Waals surface area (Å²) in [4.78, 5) is 30.4. The third-order valence-corrected chi connectivity index (χ3v) is 5.74. The molecule has 0 N–H and O–H groups in total. The van der Waals surface area contributed by atoms with Gasteiger partial charge in [0.1, 0.15) is 0 Å². The first-order valence-corrected chi connectivity index (χ1v) is 11.3. The minimum Gasteiger partial charge on any atom is -0.335 e. The summed E-state index contributed by atoms with van der Waals surface area (Å²) in [5.41, 5.74) is 1.43. The van der Waals surface area contributed by atoms with Crippen molar-refractivity contribution in [2.24, 2.45) is 5.92 Å². The molecule has 2 aromatic carbocycles. The number of nitrogens with zero attached hydrogens (tertiary/aromatic N) is 4. The Hall–Kier alpha value is -3.25. The van der Waals surface area contributed by atoms with Crippen molar-refractivity contribution in [1.82, 2.24) is 19.6 Å². The lowest BCUT2D eigenvalue weighted by Gasteiger charge is -2.34. The fraction of sp³-hybridized carbons (Fsp3) is 0.346. The molecule has 0 bridgehead atoms. The smallest absolute Gasteiger partial charge is 0.275 e. The molecule has 2 heterocycles. The number of carbonyl (C=O) groups is 1. The van der Waals surface area contributed by atoms with Crippen LogP contribution in [0.4, 0.5) is 0 Å². The number of rotatable bonds is 6. The van der Waals surface area contributed by atoms with E-state index in [1.54, 1.807) is 6.07 Å². The number of benzene rings is 2. The van der Waals surface area contributed by atoms with Crippen molar-refractivity contribution < 1.29 is 4.79 Å². The molecule has 1 aromatic heterocycles. The summed E-state index contributed by atoms with van der Waals surface area (Å²) in [7, 11) is 0. The summed E-state index contributed by atoms with van der Waals surface area (Å²) >= 11 is 0. The number of carbonyl (C=O) groups excluding carboxylic acids is 1. The Morgan fingerprint density at radius 2 is 1.62 bits per heavy atom. The summed E-state index contributed by atoms with van der Waals surface area (Å²) in [6, 6.07) is 17.5. The van der Waals surface area contributed by atoms with Crippen molar-refractivity contribution in [3.63, 3.8) is 0 Å². The Morgan fingerprint density at radius 3 is 2.31 bits per heavy atom. The molecule has 0 aliphatic carbocycles. The number of fused-ring (bicyclic) bond motifs is 1. The molecule has 0 spiro atoms. The zero-order valence-electron chi connectivity index (χ0n) is 18.8. The van der Waals surface area contributed by atoms with Crippen molar-refractivity contribution in [2.45, 2.75) is 20.4 Å². The molecule has 0 saturated carbocycles. The van der Waals surface area contributed by atoms with Gasteiger partial charge in [-0.25, -0.2) is 4.68 Å². The number of aromatic nitrogens is 2. The van der Waals surface area contributed by atoms with Gasteiger partial charge in [-0.05, 0) is 17.5 Å². The molecule has 166 valence electrons. The Balaban J connectivity index is 1.46. The zero-order chi connectivity index (χ0) is 22.5. The van der Waals surface area contributed by atoms with Crippen LogP contribution in [0.3, 0.4) is 0 Å². The largest absolute Gasteiger partial charge is 0.335 e. The lowest BCUT2D eigenvalue weighted by molar-refractivity contribution is 0.0643. The van der Waals surface area contributed by atoms with Crippen LogP contribution in [0.15, 0.2) is 65.5 Å². The second kappa shape index (κ2) is 9.92. The molecule has 0 atom stereocenters. The monoisotopic (exact) mass is 430 g/mol. The Kier molecular flexibility index (Phi) is 6.81. The highest BCUT2D eigenvalue weighted by Gasteiger charge is 2.25. The normalized spacial score (nSPS) is 15.2. The molecule has 1 aliphatic rings. The Morgan fingerprint density at radius 1 is 0.969 bits per heavy atom. The predicted octanol–water partition coefficient (Wildman–Crippen LogP) is 3.52. The van der Waals surface area contributed by atoms with Crippen molar-refractivity contribution in [2.75, 3.05) is 32.7 Å². The summed E-state index contributed by atoms with van der Waals surface area (Å²) in [5.74, 6) is 0.162. The molecule has 32 heavy (non-hydrogen) atoms. The van der Waals surface area contributed by atoms with Crippen LogP contribution in [0.25, 0.3) is 16.8 Å². The van der Waals surface area contributed by atoms with Gasteiger partial charge in [-0.3, -0.25) is 14.5 Å². The van der Waals surface area contributed by atoms with Crippen molar-refractivity contribution in [3.05, 3.63) is 82.3 Å². The Labute approximate surface area is 188 Å². The first-order chi connectivity index (χ1) is 15.5. The van der Waals surface area contributed by atoms with E-state index in [9.17, 15) is 9.59 Å².